The first kappa shape index (κ1) is 11.6. The summed E-state index contributed by atoms with van der Waals surface area (Å²) in [6, 6.07) is 6.71. The minimum Gasteiger partial charge on any atom is -0.493 e. The highest BCUT2D eigenvalue weighted by Crippen LogP contribution is 2.52. The topological polar surface area (TPSA) is 9.23 Å². The van der Waals surface area contributed by atoms with Crippen molar-refractivity contribution in [3.8, 4) is 5.75 Å². The van der Waals surface area contributed by atoms with E-state index in [0.717, 1.165) is 18.8 Å². The van der Waals surface area contributed by atoms with Crippen LogP contribution in [0.25, 0.3) is 0 Å². The Morgan fingerprint density at radius 1 is 1.29 bits per heavy atom. The Kier molecular flexibility index (Phi) is 2.94. The molecule has 3 rings (SSSR count). The molecule has 1 unspecified atom stereocenters. The first-order chi connectivity index (χ1) is 8.19. The van der Waals surface area contributed by atoms with Crippen molar-refractivity contribution in [2.75, 3.05) is 6.61 Å². The van der Waals surface area contributed by atoms with Crippen molar-refractivity contribution in [2.45, 2.75) is 43.9 Å². The van der Waals surface area contributed by atoms with Crippen molar-refractivity contribution >= 4 is 15.9 Å². The summed E-state index contributed by atoms with van der Waals surface area (Å²) in [4.78, 5) is 0.489. The molecule has 17 heavy (non-hydrogen) atoms. The van der Waals surface area contributed by atoms with Gasteiger partial charge in [0.25, 0.3) is 0 Å². The second-order valence-electron chi connectivity index (χ2n) is 5.69. The third-order valence-corrected chi connectivity index (χ3v) is 6.00. The highest BCUT2D eigenvalue weighted by molar-refractivity contribution is 9.09. The highest BCUT2D eigenvalue weighted by atomic mass is 79.9. The second-order valence-corrected chi connectivity index (χ2v) is 6.60. The Balaban J connectivity index is 1.88. The predicted molar refractivity (Wildman–Crippen MR) is 73.9 cm³/mol. The van der Waals surface area contributed by atoms with Crippen molar-refractivity contribution in [1.82, 2.24) is 0 Å². The molecule has 1 aromatic rings. The molecule has 1 aliphatic heterocycles. The van der Waals surface area contributed by atoms with E-state index in [1.807, 2.05) is 0 Å². The van der Waals surface area contributed by atoms with Gasteiger partial charge in [-0.3, -0.25) is 0 Å². The number of alkyl halides is 1. The Hall–Kier alpha value is -0.500. The number of ether oxygens (including phenoxy) is 1. The van der Waals surface area contributed by atoms with E-state index >= 15 is 0 Å². The van der Waals surface area contributed by atoms with E-state index in [0.29, 0.717) is 10.2 Å². The molecule has 0 saturated heterocycles. The van der Waals surface area contributed by atoms with Gasteiger partial charge in [0.05, 0.1) is 6.61 Å². The fourth-order valence-corrected chi connectivity index (χ4v) is 3.95. The molecule has 1 nitrogen and oxygen atoms in total. The average molecular weight is 295 g/mol. The minimum absolute atomic E-state index is 0.438. The summed E-state index contributed by atoms with van der Waals surface area (Å²) in [6.45, 7) is 3.27. The monoisotopic (exact) mass is 294 g/mol. The van der Waals surface area contributed by atoms with E-state index in [9.17, 15) is 0 Å². The van der Waals surface area contributed by atoms with E-state index in [1.165, 1.54) is 36.8 Å². The lowest BCUT2D eigenvalue weighted by molar-refractivity contribution is 0.331. The Bertz CT molecular complexity index is 421. The maximum Gasteiger partial charge on any atom is 0.122 e. The summed E-state index contributed by atoms with van der Waals surface area (Å²) < 4.78 is 5.57. The largest absolute Gasteiger partial charge is 0.493 e. The SMILES string of the molecule is CC1(C(Br)c2ccc3c(c2)CCO3)CCCC1. The van der Waals surface area contributed by atoms with Crippen molar-refractivity contribution in [3.63, 3.8) is 0 Å². The van der Waals surface area contributed by atoms with Gasteiger partial charge in [0, 0.05) is 11.2 Å². The number of rotatable bonds is 2. The summed E-state index contributed by atoms with van der Waals surface area (Å²) >= 11 is 3.94. The number of halogens is 1. The van der Waals surface area contributed by atoms with Crippen molar-refractivity contribution in [2.24, 2.45) is 5.41 Å². The van der Waals surface area contributed by atoms with Crippen LogP contribution in [0.2, 0.25) is 0 Å². The van der Waals surface area contributed by atoms with E-state index in [1.54, 1.807) is 0 Å². The van der Waals surface area contributed by atoms with E-state index < -0.39 is 0 Å². The van der Waals surface area contributed by atoms with Gasteiger partial charge in [-0.1, -0.05) is 47.8 Å². The highest BCUT2D eigenvalue weighted by Gasteiger charge is 2.36. The summed E-state index contributed by atoms with van der Waals surface area (Å²) in [7, 11) is 0. The lowest BCUT2D eigenvalue weighted by atomic mass is 9.81. The first-order valence-corrected chi connectivity index (χ1v) is 7.50. The van der Waals surface area contributed by atoms with Crippen LogP contribution in [0.3, 0.4) is 0 Å². The maximum atomic E-state index is 5.57. The van der Waals surface area contributed by atoms with Crippen LogP contribution in [-0.2, 0) is 6.42 Å². The van der Waals surface area contributed by atoms with Crippen LogP contribution in [0.4, 0.5) is 0 Å². The third-order valence-electron chi connectivity index (χ3n) is 4.36. The van der Waals surface area contributed by atoms with Crippen molar-refractivity contribution < 1.29 is 4.74 Å². The van der Waals surface area contributed by atoms with Crippen LogP contribution >= 0.6 is 15.9 Å². The zero-order valence-corrected chi connectivity index (χ0v) is 11.9. The second kappa shape index (κ2) is 4.31. The summed E-state index contributed by atoms with van der Waals surface area (Å²) in [5.41, 5.74) is 3.25. The van der Waals surface area contributed by atoms with Gasteiger partial charge in [0.2, 0.25) is 0 Å². The molecular weight excluding hydrogens is 276 g/mol. The molecule has 2 heteroatoms. The van der Waals surface area contributed by atoms with Crippen LogP contribution in [0.15, 0.2) is 18.2 Å². The van der Waals surface area contributed by atoms with Gasteiger partial charge in [-0.15, -0.1) is 0 Å². The molecule has 92 valence electrons. The smallest absolute Gasteiger partial charge is 0.122 e. The fraction of sp³-hybridized carbons (Fsp3) is 0.600. The van der Waals surface area contributed by atoms with Gasteiger partial charge < -0.3 is 4.74 Å². The molecule has 0 aromatic heterocycles. The zero-order valence-electron chi connectivity index (χ0n) is 10.3. The Labute approximate surface area is 112 Å². The summed E-state index contributed by atoms with van der Waals surface area (Å²) in [5, 5.41) is 0. The average Bonchev–Trinajstić information content (AvgIpc) is 2.96. The zero-order chi connectivity index (χ0) is 11.9. The molecule has 1 saturated carbocycles. The van der Waals surface area contributed by atoms with Crippen molar-refractivity contribution in [1.29, 1.82) is 0 Å². The van der Waals surface area contributed by atoms with E-state index in [4.69, 9.17) is 4.74 Å². The van der Waals surface area contributed by atoms with Gasteiger partial charge in [0.15, 0.2) is 0 Å². The molecular formula is C15H19BrO. The van der Waals surface area contributed by atoms with Gasteiger partial charge in [-0.25, -0.2) is 0 Å². The molecule has 0 N–H and O–H groups in total. The van der Waals surface area contributed by atoms with Gasteiger partial charge in [-0.2, -0.15) is 0 Å². The van der Waals surface area contributed by atoms with Gasteiger partial charge >= 0.3 is 0 Å². The lowest BCUT2D eigenvalue weighted by Gasteiger charge is -2.30. The van der Waals surface area contributed by atoms with Crippen LogP contribution in [0.1, 0.15) is 48.6 Å². The molecule has 1 fully saturated rings. The molecule has 2 aliphatic rings. The van der Waals surface area contributed by atoms with Crippen LogP contribution in [0.5, 0.6) is 5.75 Å². The van der Waals surface area contributed by atoms with Crippen LogP contribution < -0.4 is 4.74 Å². The standard InChI is InChI=1S/C15H19BrO/c1-15(7-2-3-8-15)14(16)12-4-5-13-11(10-12)6-9-17-13/h4-5,10,14H,2-3,6-9H2,1H3. The number of hydrogen-bond acceptors (Lipinski definition) is 1. The van der Waals surface area contributed by atoms with Gasteiger partial charge in [-0.05, 0) is 35.4 Å². The quantitative estimate of drug-likeness (QED) is 0.722. The molecule has 0 spiro atoms. The fourth-order valence-electron chi connectivity index (χ4n) is 3.20. The number of hydrogen-bond donors (Lipinski definition) is 0. The molecule has 0 radical (unpaired) electrons. The van der Waals surface area contributed by atoms with Gasteiger partial charge in [0.1, 0.15) is 5.75 Å². The summed E-state index contributed by atoms with van der Waals surface area (Å²) in [6.07, 6.45) is 6.52. The van der Waals surface area contributed by atoms with E-state index in [-0.39, 0.29) is 0 Å². The molecule has 1 atom stereocenters. The van der Waals surface area contributed by atoms with Crippen LogP contribution in [0, 0.1) is 5.41 Å². The molecule has 0 bridgehead atoms. The molecule has 0 amide bonds. The molecule has 1 aromatic carbocycles. The number of fused-ring (bicyclic) bond motifs is 1. The maximum absolute atomic E-state index is 5.57. The lowest BCUT2D eigenvalue weighted by Crippen LogP contribution is -2.17. The summed E-state index contributed by atoms with van der Waals surface area (Å²) in [5.74, 6) is 1.09. The third kappa shape index (κ3) is 2.01. The normalized spacial score (nSPS) is 23.2. The number of benzene rings is 1. The predicted octanol–water partition coefficient (Wildman–Crippen LogP) is 4.64. The first-order valence-electron chi connectivity index (χ1n) is 6.59. The van der Waals surface area contributed by atoms with E-state index in [2.05, 4.69) is 41.1 Å². The Morgan fingerprint density at radius 2 is 2.06 bits per heavy atom. The Morgan fingerprint density at radius 3 is 2.82 bits per heavy atom. The minimum atomic E-state index is 0.438. The molecule has 1 heterocycles. The molecule has 1 aliphatic carbocycles. The van der Waals surface area contributed by atoms with Crippen LogP contribution in [-0.4, -0.2) is 6.61 Å². The van der Waals surface area contributed by atoms with Crippen molar-refractivity contribution in [3.05, 3.63) is 29.3 Å².